The van der Waals surface area contributed by atoms with Gasteiger partial charge in [0.05, 0.1) is 12.1 Å². The number of benzene rings is 1. The zero-order valence-corrected chi connectivity index (χ0v) is 10.1. The lowest BCUT2D eigenvalue weighted by atomic mass is 9.98. The van der Waals surface area contributed by atoms with Gasteiger partial charge in [0, 0.05) is 12.1 Å². The second kappa shape index (κ2) is 5.15. The first-order valence-electron chi connectivity index (χ1n) is 5.51. The van der Waals surface area contributed by atoms with E-state index in [0.717, 1.165) is 10.6 Å². The molecule has 88 valence electrons. The highest BCUT2D eigenvalue weighted by molar-refractivity contribution is 6.31. The number of rotatable bonds is 5. The van der Waals surface area contributed by atoms with Gasteiger partial charge in [0.15, 0.2) is 0 Å². The Hall–Kier alpha value is -0.610. The third kappa shape index (κ3) is 2.38. The van der Waals surface area contributed by atoms with Crippen molar-refractivity contribution < 1.29 is 4.74 Å². The molecule has 0 aliphatic heterocycles. The summed E-state index contributed by atoms with van der Waals surface area (Å²) >= 11 is 6.17. The summed E-state index contributed by atoms with van der Waals surface area (Å²) in [6.45, 7) is 0. The highest BCUT2D eigenvalue weighted by atomic mass is 35.5. The predicted octanol–water partition coefficient (Wildman–Crippen LogP) is 2.27. The Morgan fingerprint density at radius 1 is 1.44 bits per heavy atom. The quantitative estimate of drug-likeness (QED) is 0.613. The van der Waals surface area contributed by atoms with Gasteiger partial charge in [-0.1, -0.05) is 29.8 Å². The molecule has 1 fully saturated rings. The Labute approximate surface area is 101 Å². The van der Waals surface area contributed by atoms with Crippen LogP contribution in [-0.2, 0) is 4.74 Å². The molecule has 3 nitrogen and oxygen atoms in total. The maximum Gasteiger partial charge on any atom is 0.0807 e. The summed E-state index contributed by atoms with van der Waals surface area (Å²) in [6.07, 6.45) is 2.52. The predicted molar refractivity (Wildman–Crippen MR) is 65.0 cm³/mol. The molecule has 0 aromatic heterocycles. The molecule has 0 spiro atoms. The van der Waals surface area contributed by atoms with E-state index in [2.05, 4.69) is 5.43 Å². The third-order valence-corrected chi connectivity index (χ3v) is 3.45. The van der Waals surface area contributed by atoms with Gasteiger partial charge in [-0.25, -0.2) is 0 Å². The molecular formula is C12H17ClN2O. The summed E-state index contributed by atoms with van der Waals surface area (Å²) in [7, 11) is 1.73. The van der Waals surface area contributed by atoms with E-state index < -0.39 is 0 Å². The number of nitrogens with one attached hydrogen (secondary N) is 1. The first kappa shape index (κ1) is 11.9. The van der Waals surface area contributed by atoms with Crippen LogP contribution in [0.5, 0.6) is 0 Å². The average molecular weight is 241 g/mol. The molecule has 0 heterocycles. The van der Waals surface area contributed by atoms with E-state index in [1.807, 2.05) is 24.3 Å². The molecule has 3 N–H and O–H groups in total. The molecule has 1 aromatic carbocycles. The Morgan fingerprint density at radius 3 is 2.62 bits per heavy atom. The lowest BCUT2D eigenvalue weighted by Gasteiger charge is -2.26. The van der Waals surface area contributed by atoms with E-state index in [-0.39, 0.29) is 12.1 Å². The van der Waals surface area contributed by atoms with Crippen molar-refractivity contribution >= 4 is 11.6 Å². The van der Waals surface area contributed by atoms with Gasteiger partial charge in [0.1, 0.15) is 0 Å². The molecule has 2 unspecified atom stereocenters. The Balaban J connectivity index is 2.23. The SMILES string of the molecule is COC(C1CC1)C(NN)c1ccccc1Cl. The molecule has 1 aliphatic rings. The molecule has 2 atom stereocenters. The molecule has 0 saturated heterocycles. The van der Waals surface area contributed by atoms with Gasteiger partial charge >= 0.3 is 0 Å². The fourth-order valence-corrected chi connectivity index (χ4v) is 2.37. The van der Waals surface area contributed by atoms with Crippen molar-refractivity contribution in [1.82, 2.24) is 5.43 Å². The van der Waals surface area contributed by atoms with E-state index in [0.29, 0.717) is 5.92 Å². The first-order chi connectivity index (χ1) is 7.77. The minimum absolute atomic E-state index is 0.0359. The van der Waals surface area contributed by atoms with Crippen LogP contribution in [0.2, 0.25) is 5.02 Å². The van der Waals surface area contributed by atoms with Gasteiger partial charge < -0.3 is 4.74 Å². The Morgan fingerprint density at radius 2 is 2.12 bits per heavy atom. The number of nitrogens with two attached hydrogens (primary N) is 1. The van der Waals surface area contributed by atoms with Crippen molar-refractivity contribution in [2.45, 2.75) is 25.0 Å². The van der Waals surface area contributed by atoms with Crippen LogP contribution in [0, 0.1) is 5.92 Å². The number of ether oxygens (including phenoxy) is 1. The van der Waals surface area contributed by atoms with Crippen LogP contribution in [0.15, 0.2) is 24.3 Å². The first-order valence-corrected chi connectivity index (χ1v) is 5.89. The van der Waals surface area contributed by atoms with Gasteiger partial charge in [-0.05, 0) is 30.4 Å². The number of methoxy groups -OCH3 is 1. The van der Waals surface area contributed by atoms with E-state index in [4.69, 9.17) is 22.2 Å². The molecule has 16 heavy (non-hydrogen) atoms. The van der Waals surface area contributed by atoms with Crippen molar-refractivity contribution in [2.75, 3.05) is 7.11 Å². The number of hydrazine groups is 1. The minimum atomic E-state index is -0.0359. The minimum Gasteiger partial charge on any atom is -0.379 e. The van der Waals surface area contributed by atoms with Gasteiger partial charge in [0.2, 0.25) is 0 Å². The number of hydrogen-bond acceptors (Lipinski definition) is 3. The molecule has 4 heteroatoms. The summed E-state index contributed by atoms with van der Waals surface area (Å²) in [4.78, 5) is 0. The molecular weight excluding hydrogens is 224 g/mol. The van der Waals surface area contributed by atoms with Crippen LogP contribution >= 0.6 is 11.6 Å². The van der Waals surface area contributed by atoms with Gasteiger partial charge in [-0.3, -0.25) is 11.3 Å². The molecule has 0 radical (unpaired) electrons. The average Bonchev–Trinajstić information content (AvgIpc) is 3.11. The molecule has 1 saturated carbocycles. The maximum absolute atomic E-state index is 6.17. The zero-order valence-electron chi connectivity index (χ0n) is 9.32. The molecule has 1 aliphatic carbocycles. The smallest absolute Gasteiger partial charge is 0.0807 e. The highest BCUT2D eigenvalue weighted by Crippen LogP contribution is 2.40. The van der Waals surface area contributed by atoms with E-state index in [9.17, 15) is 0 Å². The largest absolute Gasteiger partial charge is 0.379 e. The highest BCUT2D eigenvalue weighted by Gasteiger charge is 2.37. The third-order valence-electron chi connectivity index (χ3n) is 3.11. The molecule has 0 bridgehead atoms. The van der Waals surface area contributed by atoms with Crippen LogP contribution in [0.4, 0.5) is 0 Å². The summed E-state index contributed by atoms with van der Waals surface area (Å²) in [5.74, 6) is 6.23. The van der Waals surface area contributed by atoms with Crippen molar-refractivity contribution in [1.29, 1.82) is 0 Å². The molecule has 2 rings (SSSR count). The lowest BCUT2D eigenvalue weighted by molar-refractivity contribution is 0.0507. The van der Waals surface area contributed by atoms with Crippen LogP contribution in [0.3, 0.4) is 0 Å². The fraction of sp³-hybridized carbons (Fsp3) is 0.500. The second-order valence-electron chi connectivity index (χ2n) is 4.20. The summed E-state index contributed by atoms with van der Waals surface area (Å²) in [5.41, 5.74) is 3.83. The summed E-state index contributed by atoms with van der Waals surface area (Å²) in [6, 6.07) is 7.71. The van der Waals surface area contributed by atoms with E-state index >= 15 is 0 Å². The van der Waals surface area contributed by atoms with Gasteiger partial charge in [0.25, 0.3) is 0 Å². The zero-order chi connectivity index (χ0) is 11.5. The molecule has 1 aromatic rings. The van der Waals surface area contributed by atoms with Crippen LogP contribution in [0.25, 0.3) is 0 Å². The lowest BCUT2D eigenvalue weighted by Crippen LogP contribution is -2.38. The van der Waals surface area contributed by atoms with Crippen molar-refractivity contribution in [3.63, 3.8) is 0 Å². The van der Waals surface area contributed by atoms with Crippen molar-refractivity contribution in [3.8, 4) is 0 Å². The van der Waals surface area contributed by atoms with Gasteiger partial charge in [-0.15, -0.1) is 0 Å². The monoisotopic (exact) mass is 240 g/mol. The van der Waals surface area contributed by atoms with E-state index in [1.165, 1.54) is 12.8 Å². The standard InChI is InChI=1S/C12H17ClN2O/c1-16-12(8-6-7-8)11(15-14)9-4-2-3-5-10(9)13/h2-5,8,11-12,15H,6-7,14H2,1H3. The number of hydrogen-bond donors (Lipinski definition) is 2. The van der Waals surface area contributed by atoms with Crippen LogP contribution in [-0.4, -0.2) is 13.2 Å². The van der Waals surface area contributed by atoms with Crippen molar-refractivity contribution in [3.05, 3.63) is 34.9 Å². The summed E-state index contributed by atoms with van der Waals surface area (Å²) < 4.78 is 5.54. The summed E-state index contributed by atoms with van der Waals surface area (Å²) in [5, 5.41) is 0.730. The fourth-order valence-electron chi connectivity index (χ4n) is 2.11. The van der Waals surface area contributed by atoms with Gasteiger partial charge in [-0.2, -0.15) is 0 Å². The van der Waals surface area contributed by atoms with Crippen LogP contribution in [0.1, 0.15) is 24.4 Å². The topological polar surface area (TPSA) is 47.3 Å². The van der Waals surface area contributed by atoms with E-state index in [1.54, 1.807) is 7.11 Å². The second-order valence-corrected chi connectivity index (χ2v) is 4.61. The Bertz CT molecular complexity index is 355. The molecule has 0 amide bonds. The normalized spacial score (nSPS) is 19.4. The Kier molecular flexibility index (Phi) is 3.82. The van der Waals surface area contributed by atoms with Crippen molar-refractivity contribution in [2.24, 2.45) is 11.8 Å². The van der Waals surface area contributed by atoms with Crippen LogP contribution < -0.4 is 11.3 Å². The number of halogens is 1. The maximum atomic E-state index is 6.17.